The summed E-state index contributed by atoms with van der Waals surface area (Å²) in [6.07, 6.45) is 1.11. The van der Waals surface area contributed by atoms with Crippen LogP contribution < -0.4 is 10.4 Å². The Balaban J connectivity index is 1.05. The number of H-pyrrole nitrogens is 1. The third kappa shape index (κ3) is 7.21. The number of nitrogens with one attached hydrogen (secondary N) is 1. The zero-order chi connectivity index (χ0) is 30.1. The minimum Gasteiger partial charge on any atom is -0.489 e. The van der Waals surface area contributed by atoms with Crippen molar-refractivity contribution in [3.8, 4) is 5.75 Å². The molecule has 1 saturated heterocycles. The molecule has 1 N–H and O–H groups in total. The number of aromatic amines is 1. The maximum atomic E-state index is 13.0. The molecule has 0 aliphatic carbocycles. The molecule has 0 unspecified atom stereocenters. The van der Waals surface area contributed by atoms with E-state index in [0.29, 0.717) is 45.6 Å². The van der Waals surface area contributed by atoms with E-state index in [2.05, 4.69) is 40.2 Å². The van der Waals surface area contributed by atoms with Crippen LogP contribution >= 0.6 is 0 Å². The van der Waals surface area contributed by atoms with Crippen LogP contribution in [0.4, 0.5) is 4.79 Å². The highest BCUT2D eigenvalue weighted by Crippen LogP contribution is 2.26. The lowest BCUT2D eigenvalue weighted by Gasteiger charge is -2.32. The molecule has 0 spiro atoms. The van der Waals surface area contributed by atoms with E-state index in [4.69, 9.17) is 9.47 Å². The van der Waals surface area contributed by atoms with Gasteiger partial charge in [0.25, 0.3) is 0 Å². The van der Waals surface area contributed by atoms with E-state index in [1.807, 2.05) is 83.4 Å². The van der Waals surface area contributed by atoms with Crippen LogP contribution in [-0.4, -0.2) is 51.7 Å². The summed E-state index contributed by atoms with van der Waals surface area (Å²) in [5, 5.41) is 0. The quantitative estimate of drug-likeness (QED) is 0.193. The van der Waals surface area contributed by atoms with Gasteiger partial charge in [-0.15, -0.1) is 0 Å². The number of benzene rings is 4. The predicted octanol–water partition coefficient (Wildman–Crippen LogP) is 6.38. The molecule has 0 bridgehead atoms. The van der Waals surface area contributed by atoms with E-state index in [0.717, 1.165) is 34.5 Å². The summed E-state index contributed by atoms with van der Waals surface area (Å²) in [6.45, 7) is 3.83. The van der Waals surface area contributed by atoms with Crippen molar-refractivity contribution in [2.24, 2.45) is 0 Å². The van der Waals surface area contributed by atoms with Gasteiger partial charge < -0.3 is 19.4 Å². The van der Waals surface area contributed by atoms with Crippen molar-refractivity contribution in [2.45, 2.75) is 38.6 Å². The van der Waals surface area contributed by atoms with Gasteiger partial charge in [0.05, 0.1) is 11.0 Å². The molecule has 44 heavy (non-hydrogen) atoms. The first-order valence-corrected chi connectivity index (χ1v) is 15.3. The maximum absolute atomic E-state index is 13.0. The number of likely N-dealkylation sites (tertiary alicyclic amines) is 1. The second-order valence-electron chi connectivity index (χ2n) is 11.2. The van der Waals surface area contributed by atoms with Crippen LogP contribution in [0, 0.1) is 0 Å². The second kappa shape index (κ2) is 14.1. The molecular weight excluding hydrogens is 552 g/mol. The number of amides is 1. The highest BCUT2D eigenvalue weighted by atomic mass is 16.6. The van der Waals surface area contributed by atoms with E-state index < -0.39 is 0 Å². The van der Waals surface area contributed by atoms with Crippen molar-refractivity contribution in [1.82, 2.24) is 19.4 Å². The number of ether oxygens (including phenoxy) is 2. The predicted molar refractivity (Wildman–Crippen MR) is 172 cm³/mol. The largest absolute Gasteiger partial charge is 0.489 e. The van der Waals surface area contributed by atoms with Crippen LogP contribution in [0.1, 0.15) is 35.6 Å². The summed E-state index contributed by atoms with van der Waals surface area (Å²) in [7, 11) is 0. The summed E-state index contributed by atoms with van der Waals surface area (Å²) < 4.78 is 13.8. The van der Waals surface area contributed by atoms with Gasteiger partial charge in [0, 0.05) is 44.3 Å². The Morgan fingerprint density at radius 3 is 2.23 bits per heavy atom. The molecule has 1 aromatic heterocycles. The number of imidazole rings is 1. The zero-order valence-electron chi connectivity index (χ0n) is 24.8. The van der Waals surface area contributed by atoms with Crippen LogP contribution in [-0.2, 0) is 24.4 Å². The van der Waals surface area contributed by atoms with E-state index in [9.17, 15) is 9.59 Å². The fraction of sp³-hybridized carbons (Fsp3) is 0.278. The van der Waals surface area contributed by atoms with Gasteiger partial charge in [0.1, 0.15) is 19.0 Å². The molecule has 5 aromatic rings. The fourth-order valence-corrected chi connectivity index (χ4v) is 5.90. The van der Waals surface area contributed by atoms with Crippen molar-refractivity contribution >= 4 is 17.1 Å². The summed E-state index contributed by atoms with van der Waals surface area (Å²) >= 11 is 0. The zero-order valence-corrected chi connectivity index (χ0v) is 24.8. The van der Waals surface area contributed by atoms with Gasteiger partial charge in [0.2, 0.25) is 0 Å². The fourth-order valence-electron chi connectivity index (χ4n) is 5.90. The van der Waals surface area contributed by atoms with Crippen LogP contribution in [0.25, 0.3) is 11.0 Å². The number of aromatic nitrogens is 2. The standard InChI is InChI=1S/C36H38N4O4/c41-35-37-32-16-8-9-17-33(32)40(35)31-19-21-39(22-20-31)36(42)43-24-23-38(25-28-11-3-1-4-12-28)26-30-15-7-10-18-34(30)44-27-29-13-5-2-6-14-29/h1-18,31H,19-27H2,(H,37,41). The van der Waals surface area contributed by atoms with E-state index in [1.54, 1.807) is 4.90 Å². The topological polar surface area (TPSA) is 79.8 Å². The molecule has 2 heterocycles. The van der Waals surface area contributed by atoms with Crippen LogP contribution in [0.15, 0.2) is 114 Å². The Bertz CT molecular complexity index is 1710. The molecule has 8 nitrogen and oxygen atoms in total. The first-order chi connectivity index (χ1) is 21.6. The molecule has 4 aromatic carbocycles. The van der Waals surface area contributed by atoms with Gasteiger partial charge >= 0.3 is 11.8 Å². The number of nitrogens with zero attached hydrogens (tertiary/aromatic N) is 3. The number of carbonyl (C=O) groups is 1. The molecule has 1 fully saturated rings. The van der Waals surface area contributed by atoms with E-state index in [1.165, 1.54) is 5.56 Å². The molecule has 226 valence electrons. The highest BCUT2D eigenvalue weighted by Gasteiger charge is 2.27. The number of hydrogen-bond acceptors (Lipinski definition) is 5. The Morgan fingerprint density at radius 2 is 1.45 bits per heavy atom. The third-order valence-electron chi connectivity index (χ3n) is 8.20. The minimum absolute atomic E-state index is 0.0493. The van der Waals surface area contributed by atoms with Gasteiger partial charge in [-0.05, 0) is 42.2 Å². The Kier molecular flexibility index (Phi) is 9.38. The minimum atomic E-state index is -0.305. The Labute approximate surface area is 257 Å². The van der Waals surface area contributed by atoms with Gasteiger partial charge in [0.15, 0.2) is 0 Å². The third-order valence-corrected chi connectivity index (χ3v) is 8.20. The van der Waals surface area contributed by atoms with Crippen LogP contribution in [0.2, 0.25) is 0 Å². The maximum Gasteiger partial charge on any atom is 0.409 e. The summed E-state index contributed by atoms with van der Waals surface area (Å²) in [4.78, 5) is 32.6. The summed E-state index contributed by atoms with van der Waals surface area (Å²) in [6, 6.07) is 36.4. The van der Waals surface area contributed by atoms with Crippen molar-refractivity contribution < 1.29 is 14.3 Å². The Hall–Kier alpha value is -4.82. The van der Waals surface area contributed by atoms with Crippen LogP contribution in [0.5, 0.6) is 5.75 Å². The van der Waals surface area contributed by atoms with Gasteiger partial charge in [-0.3, -0.25) is 9.47 Å². The van der Waals surface area contributed by atoms with Crippen molar-refractivity contribution in [3.05, 3.63) is 136 Å². The van der Waals surface area contributed by atoms with Crippen molar-refractivity contribution in [3.63, 3.8) is 0 Å². The molecule has 1 aliphatic heterocycles. The normalized spacial score (nSPS) is 13.8. The Morgan fingerprint density at radius 1 is 0.795 bits per heavy atom. The number of rotatable bonds is 11. The van der Waals surface area contributed by atoms with Crippen molar-refractivity contribution in [1.29, 1.82) is 0 Å². The molecule has 0 radical (unpaired) electrons. The number of hydrogen-bond donors (Lipinski definition) is 1. The smallest absolute Gasteiger partial charge is 0.409 e. The average molecular weight is 591 g/mol. The molecular formula is C36H38N4O4. The highest BCUT2D eigenvalue weighted by molar-refractivity contribution is 5.75. The number of para-hydroxylation sites is 3. The van der Waals surface area contributed by atoms with Crippen molar-refractivity contribution in [2.75, 3.05) is 26.2 Å². The number of fused-ring (bicyclic) bond motifs is 1. The van der Waals surface area contributed by atoms with Gasteiger partial charge in [-0.2, -0.15) is 0 Å². The SMILES string of the molecule is O=C(OCCN(Cc1ccccc1)Cc1ccccc1OCc1ccccc1)N1CCC(n2c(=O)[nH]c3ccccc32)CC1. The van der Waals surface area contributed by atoms with E-state index >= 15 is 0 Å². The lowest BCUT2D eigenvalue weighted by molar-refractivity contribution is 0.0768. The molecule has 0 saturated carbocycles. The molecule has 8 heteroatoms. The first kappa shape index (κ1) is 29.3. The van der Waals surface area contributed by atoms with Crippen LogP contribution in [0.3, 0.4) is 0 Å². The van der Waals surface area contributed by atoms with Gasteiger partial charge in [-0.1, -0.05) is 91.0 Å². The molecule has 6 rings (SSSR count). The number of carbonyl (C=O) groups excluding carboxylic acids is 1. The second-order valence-corrected chi connectivity index (χ2v) is 11.2. The molecule has 0 atom stereocenters. The summed E-state index contributed by atoms with van der Waals surface area (Å²) in [5.74, 6) is 0.851. The molecule has 1 amide bonds. The van der Waals surface area contributed by atoms with Gasteiger partial charge in [-0.25, -0.2) is 9.59 Å². The van der Waals surface area contributed by atoms with E-state index in [-0.39, 0.29) is 24.4 Å². The monoisotopic (exact) mass is 590 g/mol. The summed E-state index contributed by atoms with van der Waals surface area (Å²) in [5.41, 5.74) is 5.04. The number of piperidine rings is 1. The molecule has 1 aliphatic rings. The lowest BCUT2D eigenvalue weighted by atomic mass is 10.0. The lowest BCUT2D eigenvalue weighted by Crippen LogP contribution is -2.41. The first-order valence-electron chi connectivity index (χ1n) is 15.3. The average Bonchev–Trinajstić information content (AvgIpc) is 3.41.